The number of nitrogens with one attached hydrogen (secondary N) is 1. The summed E-state index contributed by atoms with van der Waals surface area (Å²) in [6.45, 7) is 3.10. The number of hydrogen-bond donors (Lipinski definition) is 1. The van der Waals surface area contributed by atoms with Gasteiger partial charge in [-0.15, -0.1) is 11.3 Å². The summed E-state index contributed by atoms with van der Waals surface area (Å²) in [5.74, 6) is 0.370. The van der Waals surface area contributed by atoms with E-state index in [1.54, 1.807) is 33.9 Å². The number of anilines is 1. The van der Waals surface area contributed by atoms with Crippen LogP contribution in [-0.2, 0) is 32.4 Å². The van der Waals surface area contributed by atoms with Crippen LogP contribution >= 0.6 is 11.3 Å². The number of carbonyl (C=O) groups excluding carboxylic acids is 2. The molecule has 1 fully saturated rings. The lowest BCUT2D eigenvalue weighted by molar-refractivity contribution is -0.133. The minimum Gasteiger partial charge on any atom is -0.338 e. The fourth-order valence-electron chi connectivity index (χ4n) is 3.90. The Balaban J connectivity index is 1.33. The van der Waals surface area contributed by atoms with E-state index in [2.05, 4.69) is 16.5 Å². The van der Waals surface area contributed by atoms with Gasteiger partial charge in [0.1, 0.15) is 5.82 Å². The van der Waals surface area contributed by atoms with Crippen LogP contribution in [-0.4, -0.2) is 53.0 Å². The Morgan fingerprint density at radius 3 is 2.93 bits per heavy atom. The fraction of sp³-hybridized carbons (Fsp3) is 0.526. The van der Waals surface area contributed by atoms with E-state index < -0.39 is 9.84 Å². The lowest BCUT2D eigenvalue weighted by Gasteiger charge is -2.27. The van der Waals surface area contributed by atoms with Crippen LogP contribution in [0.1, 0.15) is 41.4 Å². The van der Waals surface area contributed by atoms with Gasteiger partial charge in [0.2, 0.25) is 11.8 Å². The Kier molecular flexibility index (Phi) is 5.48. The maximum Gasteiger partial charge on any atom is 0.226 e. The highest BCUT2D eigenvalue weighted by molar-refractivity contribution is 7.91. The van der Waals surface area contributed by atoms with E-state index in [0.717, 1.165) is 6.42 Å². The molecule has 1 unspecified atom stereocenters. The third kappa shape index (κ3) is 4.53. The van der Waals surface area contributed by atoms with E-state index in [0.29, 0.717) is 31.0 Å². The number of rotatable bonds is 5. The Morgan fingerprint density at radius 2 is 2.17 bits per heavy atom. The standard InChI is InChI=1S/C19H24N4O4S2/c1-13-10-17(23(21-13)15-6-9-29(26,27)12-15)20-18(24)2-3-19(25)22-7-4-16-14(11-22)5-8-28-16/h5,8,10,15H,2-4,6-7,9,11-12H2,1H3,(H,20,24). The number of hydrogen-bond acceptors (Lipinski definition) is 6. The van der Waals surface area contributed by atoms with E-state index in [-0.39, 0.29) is 42.2 Å². The lowest BCUT2D eigenvalue weighted by atomic mass is 10.1. The number of thiophene rings is 1. The van der Waals surface area contributed by atoms with E-state index in [4.69, 9.17) is 0 Å². The molecule has 2 aliphatic heterocycles. The highest BCUT2D eigenvalue weighted by atomic mass is 32.2. The van der Waals surface area contributed by atoms with Gasteiger partial charge >= 0.3 is 0 Å². The van der Waals surface area contributed by atoms with Crippen LogP contribution < -0.4 is 5.32 Å². The van der Waals surface area contributed by atoms with Crippen LogP contribution in [0.4, 0.5) is 5.82 Å². The average molecular weight is 437 g/mol. The summed E-state index contributed by atoms with van der Waals surface area (Å²) in [5, 5.41) is 9.21. The van der Waals surface area contributed by atoms with Crippen molar-refractivity contribution in [1.82, 2.24) is 14.7 Å². The summed E-state index contributed by atoms with van der Waals surface area (Å²) in [7, 11) is -3.05. The molecule has 1 N–H and O–H groups in total. The number of aryl methyl sites for hydroxylation is 1. The highest BCUT2D eigenvalue weighted by Crippen LogP contribution is 2.27. The third-order valence-electron chi connectivity index (χ3n) is 5.41. The normalized spacial score (nSPS) is 20.4. The molecule has 0 saturated carbocycles. The summed E-state index contributed by atoms with van der Waals surface area (Å²) in [5.41, 5.74) is 1.91. The molecule has 156 valence electrons. The first kappa shape index (κ1) is 20.1. The van der Waals surface area contributed by atoms with Crippen molar-refractivity contribution in [2.45, 2.75) is 45.2 Å². The summed E-state index contributed by atoms with van der Waals surface area (Å²) < 4.78 is 25.1. The van der Waals surface area contributed by atoms with E-state index in [1.807, 2.05) is 5.38 Å². The number of amides is 2. The smallest absolute Gasteiger partial charge is 0.226 e. The molecule has 0 spiro atoms. The summed E-state index contributed by atoms with van der Waals surface area (Å²) in [6.07, 6.45) is 1.59. The molecule has 2 amide bonds. The summed E-state index contributed by atoms with van der Waals surface area (Å²) in [6, 6.07) is 3.52. The maximum absolute atomic E-state index is 12.5. The Bertz CT molecular complexity index is 1040. The molecule has 0 aromatic carbocycles. The van der Waals surface area contributed by atoms with Crippen molar-refractivity contribution >= 4 is 38.8 Å². The van der Waals surface area contributed by atoms with Crippen molar-refractivity contribution in [3.63, 3.8) is 0 Å². The molecule has 10 heteroatoms. The van der Waals surface area contributed by atoms with Crippen molar-refractivity contribution in [2.75, 3.05) is 23.4 Å². The summed E-state index contributed by atoms with van der Waals surface area (Å²) in [4.78, 5) is 28.1. The van der Waals surface area contributed by atoms with Crippen LogP contribution in [0.15, 0.2) is 17.5 Å². The number of carbonyl (C=O) groups is 2. The zero-order chi connectivity index (χ0) is 20.6. The second-order valence-corrected chi connectivity index (χ2v) is 10.9. The Hall–Kier alpha value is -2.20. The molecule has 4 rings (SSSR count). The molecule has 1 atom stereocenters. The number of fused-ring (bicyclic) bond motifs is 1. The zero-order valence-corrected chi connectivity index (χ0v) is 17.9. The molecule has 1 saturated heterocycles. The molecule has 4 heterocycles. The van der Waals surface area contributed by atoms with E-state index in [1.165, 1.54) is 10.4 Å². The van der Waals surface area contributed by atoms with Crippen LogP contribution in [0.2, 0.25) is 0 Å². The fourth-order valence-corrected chi connectivity index (χ4v) is 6.48. The van der Waals surface area contributed by atoms with E-state index in [9.17, 15) is 18.0 Å². The predicted octanol–water partition coefficient (Wildman–Crippen LogP) is 1.92. The lowest BCUT2D eigenvalue weighted by Crippen LogP contribution is -2.35. The van der Waals surface area contributed by atoms with Gasteiger partial charge in [0.25, 0.3) is 0 Å². The molecule has 29 heavy (non-hydrogen) atoms. The molecular formula is C19H24N4O4S2. The van der Waals surface area contributed by atoms with Gasteiger partial charge in [0, 0.05) is 36.9 Å². The minimum absolute atomic E-state index is 0.0245. The SMILES string of the molecule is Cc1cc(NC(=O)CCC(=O)N2CCc3sccc3C2)n(C2CCS(=O)(=O)C2)n1. The largest absolute Gasteiger partial charge is 0.338 e. The highest BCUT2D eigenvalue weighted by Gasteiger charge is 2.31. The topological polar surface area (TPSA) is 101 Å². The molecule has 8 nitrogen and oxygen atoms in total. The van der Waals surface area contributed by atoms with Gasteiger partial charge in [-0.3, -0.25) is 9.59 Å². The first-order valence-electron chi connectivity index (χ1n) is 9.70. The number of sulfone groups is 1. The second kappa shape index (κ2) is 7.91. The molecule has 2 aromatic heterocycles. The Labute approximate surface area is 173 Å². The van der Waals surface area contributed by atoms with Crippen molar-refractivity contribution < 1.29 is 18.0 Å². The first-order valence-corrected chi connectivity index (χ1v) is 12.4. The first-order chi connectivity index (χ1) is 13.8. The van der Waals surface area contributed by atoms with Gasteiger partial charge < -0.3 is 10.2 Å². The molecule has 0 aliphatic carbocycles. The van der Waals surface area contributed by atoms with Gasteiger partial charge in [-0.25, -0.2) is 13.1 Å². The van der Waals surface area contributed by atoms with Gasteiger partial charge in [-0.2, -0.15) is 5.10 Å². The van der Waals surface area contributed by atoms with Gasteiger partial charge in [-0.05, 0) is 36.8 Å². The molecule has 0 bridgehead atoms. The van der Waals surface area contributed by atoms with Crippen molar-refractivity contribution in [2.24, 2.45) is 0 Å². The van der Waals surface area contributed by atoms with Crippen molar-refractivity contribution in [3.8, 4) is 0 Å². The number of aromatic nitrogens is 2. The van der Waals surface area contributed by atoms with Gasteiger partial charge in [0.15, 0.2) is 9.84 Å². The Morgan fingerprint density at radius 1 is 1.34 bits per heavy atom. The molecule has 2 aliphatic rings. The predicted molar refractivity (Wildman–Crippen MR) is 111 cm³/mol. The van der Waals surface area contributed by atoms with Crippen LogP contribution in [0.25, 0.3) is 0 Å². The molecular weight excluding hydrogens is 412 g/mol. The third-order valence-corrected chi connectivity index (χ3v) is 8.18. The summed E-state index contributed by atoms with van der Waals surface area (Å²) >= 11 is 1.72. The van der Waals surface area contributed by atoms with Crippen LogP contribution in [0.5, 0.6) is 0 Å². The quantitative estimate of drug-likeness (QED) is 0.772. The zero-order valence-electron chi connectivity index (χ0n) is 16.3. The van der Waals surface area contributed by atoms with Gasteiger partial charge in [0.05, 0.1) is 23.2 Å². The number of nitrogens with zero attached hydrogens (tertiary/aromatic N) is 3. The van der Waals surface area contributed by atoms with E-state index >= 15 is 0 Å². The van der Waals surface area contributed by atoms with Crippen molar-refractivity contribution in [1.29, 1.82) is 0 Å². The van der Waals surface area contributed by atoms with Gasteiger partial charge in [-0.1, -0.05) is 0 Å². The second-order valence-electron chi connectivity index (χ2n) is 7.65. The molecule has 2 aromatic rings. The van der Waals surface area contributed by atoms with Crippen LogP contribution in [0, 0.1) is 6.92 Å². The van der Waals surface area contributed by atoms with Crippen molar-refractivity contribution in [3.05, 3.63) is 33.6 Å². The minimum atomic E-state index is -3.05. The average Bonchev–Trinajstić information content (AvgIpc) is 3.37. The maximum atomic E-state index is 12.5. The van der Waals surface area contributed by atoms with Crippen LogP contribution in [0.3, 0.4) is 0 Å². The molecule has 0 radical (unpaired) electrons. The monoisotopic (exact) mass is 436 g/mol.